The molecular weight excluding hydrogens is 261 g/mol. The maximum Gasteiger partial charge on any atom is 0.123 e. The summed E-state index contributed by atoms with van der Waals surface area (Å²) in [7, 11) is 0. The first kappa shape index (κ1) is 14.0. The topological polar surface area (TPSA) is 12.0 Å². The number of hydrogen-bond acceptors (Lipinski definition) is 1. The fourth-order valence-electron chi connectivity index (χ4n) is 2.02. The van der Waals surface area contributed by atoms with Crippen LogP contribution in [0.15, 0.2) is 42.5 Å². The van der Waals surface area contributed by atoms with E-state index in [9.17, 15) is 4.39 Å². The van der Waals surface area contributed by atoms with Gasteiger partial charge < -0.3 is 5.32 Å². The minimum Gasteiger partial charge on any atom is -0.313 e. The molecule has 0 bridgehead atoms. The van der Waals surface area contributed by atoms with Gasteiger partial charge in [-0.3, -0.25) is 0 Å². The van der Waals surface area contributed by atoms with E-state index in [2.05, 4.69) is 12.2 Å². The van der Waals surface area contributed by atoms with Crippen molar-refractivity contribution in [1.82, 2.24) is 5.32 Å². The van der Waals surface area contributed by atoms with Crippen LogP contribution in [-0.2, 0) is 6.54 Å². The van der Waals surface area contributed by atoms with E-state index >= 15 is 0 Å². The number of rotatable bonds is 5. The highest BCUT2D eigenvalue weighted by Gasteiger charge is 2.06. The number of benzene rings is 2. The predicted molar refractivity (Wildman–Crippen MR) is 78.8 cm³/mol. The summed E-state index contributed by atoms with van der Waals surface area (Å²) in [6.45, 7) is 3.71. The minimum absolute atomic E-state index is 0.203. The third-order valence-electron chi connectivity index (χ3n) is 2.96. The third kappa shape index (κ3) is 3.79. The van der Waals surface area contributed by atoms with Gasteiger partial charge in [0.05, 0.1) is 0 Å². The zero-order valence-corrected chi connectivity index (χ0v) is 11.7. The van der Waals surface area contributed by atoms with Crippen molar-refractivity contribution in [1.29, 1.82) is 0 Å². The Morgan fingerprint density at radius 1 is 1.11 bits per heavy atom. The molecule has 2 aromatic rings. The summed E-state index contributed by atoms with van der Waals surface area (Å²) in [4.78, 5) is 0. The van der Waals surface area contributed by atoms with Crippen molar-refractivity contribution < 1.29 is 4.39 Å². The van der Waals surface area contributed by atoms with Crippen molar-refractivity contribution in [3.8, 4) is 11.1 Å². The van der Waals surface area contributed by atoms with Crippen LogP contribution in [0.1, 0.15) is 18.9 Å². The molecule has 0 fully saturated rings. The second-order valence-electron chi connectivity index (χ2n) is 4.49. The van der Waals surface area contributed by atoms with Gasteiger partial charge in [0.1, 0.15) is 5.82 Å². The van der Waals surface area contributed by atoms with Crippen LogP contribution in [0.2, 0.25) is 5.02 Å². The molecule has 0 saturated heterocycles. The predicted octanol–water partition coefficient (Wildman–Crippen LogP) is 4.65. The summed E-state index contributed by atoms with van der Waals surface area (Å²) < 4.78 is 13.4. The summed E-state index contributed by atoms with van der Waals surface area (Å²) in [5, 5.41) is 4.01. The molecule has 3 heteroatoms. The van der Waals surface area contributed by atoms with Crippen molar-refractivity contribution in [2.75, 3.05) is 6.54 Å². The van der Waals surface area contributed by atoms with E-state index in [1.54, 1.807) is 6.07 Å². The standard InChI is InChI=1S/C16H17ClFN/c1-2-9-19-11-13-10-15(18)7-8-16(13)12-3-5-14(17)6-4-12/h3-8,10,19H,2,9,11H2,1H3. The normalized spacial score (nSPS) is 10.7. The van der Waals surface area contributed by atoms with Crippen LogP contribution < -0.4 is 5.32 Å². The van der Waals surface area contributed by atoms with Crippen molar-refractivity contribution >= 4 is 11.6 Å². The zero-order valence-electron chi connectivity index (χ0n) is 10.9. The third-order valence-corrected chi connectivity index (χ3v) is 3.22. The molecule has 0 saturated carbocycles. The number of nitrogens with one attached hydrogen (secondary N) is 1. The van der Waals surface area contributed by atoms with Crippen molar-refractivity contribution in [2.45, 2.75) is 19.9 Å². The average Bonchev–Trinajstić information content (AvgIpc) is 2.41. The molecule has 0 aliphatic carbocycles. The molecule has 2 rings (SSSR count). The Hall–Kier alpha value is -1.38. The first-order valence-electron chi connectivity index (χ1n) is 6.46. The Bertz CT molecular complexity index is 537. The molecule has 0 aromatic heterocycles. The quantitative estimate of drug-likeness (QED) is 0.785. The lowest BCUT2D eigenvalue weighted by atomic mass is 9.99. The average molecular weight is 278 g/mol. The summed E-state index contributed by atoms with van der Waals surface area (Å²) in [5.74, 6) is -0.203. The monoisotopic (exact) mass is 277 g/mol. The van der Waals surface area contributed by atoms with Crippen LogP contribution in [0.4, 0.5) is 4.39 Å². The lowest BCUT2D eigenvalue weighted by molar-refractivity contribution is 0.619. The highest BCUT2D eigenvalue weighted by atomic mass is 35.5. The van der Waals surface area contributed by atoms with Gasteiger partial charge in [0.25, 0.3) is 0 Å². The van der Waals surface area contributed by atoms with Crippen molar-refractivity contribution in [3.63, 3.8) is 0 Å². The van der Waals surface area contributed by atoms with E-state index in [-0.39, 0.29) is 5.82 Å². The van der Waals surface area contributed by atoms with Gasteiger partial charge in [0.2, 0.25) is 0 Å². The van der Waals surface area contributed by atoms with E-state index in [0.717, 1.165) is 29.7 Å². The zero-order chi connectivity index (χ0) is 13.7. The highest BCUT2D eigenvalue weighted by molar-refractivity contribution is 6.30. The molecule has 19 heavy (non-hydrogen) atoms. The van der Waals surface area contributed by atoms with E-state index in [0.29, 0.717) is 11.6 Å². The van der Waals surface area contributed by atoms with E-state index in [1.807, 2.05) is 30.3 Å². The van der Waals surface area contributed by atoms with Crippen LogP contribution in [0, 0.1) is 5.82 Å². The Labute approximate surface area is 118 Å². The molecule has 0 atom stereocenters. The van der Waals surface area contributed by atoms with E-state index < -0.39 is 0 Å². The smallest absolute Gasteiger partial charge is 0.123 e. The second-order valence-corrected chi connectivity index (χ2v) is 4.92. The molecule has 0 amide bonds. The molecule has 2 aromatic carbocycles. The number of hydrogen-bond donors (Lipinski definition) is 1. The van der Waals surface area contributed by atoms with E-state index in [4.69, 9.17) is 11.6 Å². The molecule has 0 radical (unpaired) electrons. The van der Waals surface area contributed by atoms with Gasteiger partial charge in [-0.05, 0) is 53.9 Å². The lowest BCUT2D eigenvalue weighted by Gasteiger charge is -2.11. The molecule has 1 N–H and O–H groups in total. The van der Waals surface area contributed by atoms with Gasteiger partial charge >= 0.3 is 0 Å². The summed E-state index contributed by atoms with van der Waals surface area (Å²) in [5.41, 5.74) is 3.06. The Morgan fingerprint density at radius 3 is 2.53 bits per heavy atom. The van der Waals surface area contributed by atoms with E-state index in [1.165, 1.54) is 6.07 Å². The largest absolute Gasteiger partial charge is 0.313 e. The molecule has 0 unspecified atom stereocenters. The summed E-state index contributed by atoms with van der Waals surface area (Å²) >= 11 is 5.89. The maximum atomic E-state index is 13.4. The van der Waals surface area contributed by atoms with Crippen LogP contribution in [0.25, 0.3) is 11.1 Å². The Morgan fingerprint density at radius 2 is 1.84 bits per heavy atom. The van der Waals surface area contributed by atoms with Gasteiger partial charge in [-0.1, -0.05) is 36.7 Å². The highest BCUT2D eigenvalue weighted by Crippen LogP contribution is 2.26. The molecule has 1 nitrogen and oxygen atoms in total. The first-order chi connectivity index (χ1) is 9.20. The summed E-state index contributed by atoms with van der Waals surface area (Å²) in [6.07, 6.45) is 1.06. The molecule has 0 heterocycles. The minimum atomic E-state index is -0.203. The maximum absolute atomic E-state index is 13.4. The van der Waals surface area contributed by atoms with Gasteiger partial charge in [0, 0.05) is 11.6 Å². The van der Waals surface area contributed by atoms with Crippen LogP contribution in [0.3, 0.4) is 0 Å². The summed E-state index contributed by atoms with van der Waals surface area (Å²) in [6, 6.07) is 12.5. The lowest BCUT2D eigenvalue weighted by Crippen LogP contribution is -2.14. The Kier molecular flexibility index (Phi) is 4.94. The van der Waals surface area contributed by atoms with Crippen molar-refractivity contribution in [3.05, 3.63) is 58.9 Å². The van der Waals surface area contributed by atoms with Crippen LogP contribution in [-0.4, -0.2) is 6.54 Å². The van der Waals surface area contributed by atoms with Gasteiger partial charge in [-0.2, -0.15) is 0 Å². The molecule has 0 aliphatic heterocycles. The van der Waals surface area contributed by atoms with Gasteiger partial charge in [-0.25, -0.2) is 4.39 Å². The van der Waals surface area contributed by atoms with Crippen molar-refractivity contribution in [2.24, 2.45) is 0 Å². The Balaban J connectivity index is 2.30. The SMILES string of the molecule is CCCNCc1cc(F)ccc1-c1ccc(Cl)cc1. The molecule has 0 aliphatic rings. The molecule has 100 valence electrons. The number of halogens is 2. The van der Waals surface area contributed by atoms with Crippen LogP contribution >= 0.6 is 11.6 Å². The fraction of sp³-hybridized carbons (Fsp3) is 0.250. The molecular formula is C16H17ClFN. The van der Waals surface area contributed by atoms with Crippen LogP contribution in [0.5, 0.6) is 0 Å². The second kappa shape index (κ2) is 6.69. The van der Waals surface area contributed by atoms with Gasteiger partial charge in [-0.15, -0.1) is 0 Å². The van der Waals surface area contributed by atoms with Gasteiger partial charge in [0.15, 0.2) is 0 Å². The fourth-order valence-corrected chi connectivity index (χ4v) is 2.15. The first-order valence-corrected chi connectivity index (χ1v) is 6.83. The molecule has 0 spiro atoms.